The Morgan fingerprint density at radius 2 is 1.80 bits per heavy atom. The Balaban J connectivity index is 1.88. The SMILES string of the molecule is Cc1ccc(SCC(=O)Nc2ccc(N)cc2)cc1C. The van der Waals surface area contributed by atoms with Gasteiger partial charge in [-0.05, 0) is 61.4 Å². The molecule has 2 aromatic rings. The van der Waals surface area contributed by atoms with E-state index in [-0.39, 0.29) is 5.91 Å². The van der Waals surface area contributed by atoms with Gasteiger partial charge in [-0.3, -0.25) is 4.79 Å². The third-order valence-corrected chi connectivity index (χ3v) is 4.04. The number of amides is 1. The second-order valence-corrected chi connectivity index (χ2v) is 5.75. The minimum Gasteiger partial charge on any atom is -0.399 e. The number of hydrogen-bond donors (Lipinski definition) is 2. The van der Waals surface area contributed by atoms with Crippen LogP contribution in [0.2, 0.25) is 0 Å². The normalized spacial score (nSPS) is 10.3. The fourth-order valence-corrected chi connectivity index (χ4v) is 2.51. The average molecular weight is 286 g/mol. The molecule has 0 spiro atoms. The van der Waals surface area contributed by atoms with E-state index in [2.05, 4.69) is 31.3 Å². The molecular formula is C16H18N2OS. The number of anilines is 2. The highest BCUT2D eigenvalue weighted by Gasteiger charge is 2.04. The van der Waals surface area contributed by atoms with Gasteiger partial charge in [-0.2, -0.15) is 0 Å². The quantitative estimate of drug-likeness (QED) is 0.667. The first-order valence-corrected chi connectivity index (χ1v) is 7.38. The molecule has 0 aliphatic rings. The van der Waals surface area contributed by atoms with Crippen molar-refractivity contribution in [2.75, 3.05) is 16.8 Å². The maximum atomic E-state index is 11.9. The van der Waals surface area contributed by atoms with E-state index in [9.17, 15) is 4.79 Å². The summed E-state index contributed by atoms with van der Waals surface area (Å²) in [5.74, 6) is 0.380. The molecule has 1 amide bonds. The number of nitrogen functional groups attached to an aromatic ring is 1. The number of carbonyl (C=O) groups is 1. The van der Waals surface area contributed by atoms with Crippen LogP contribution in [0.3, 0.4) is 0 Å². The number of hydrogen-bond acceptors (Lipinski definition) is 3. The molecule has 0 aliphatic carbocycles. The molecule has 2 aromatic carbocycles. The summed E-state index contributed by atoms with van der Waals surface area (Å²) < 4.78 is 0. The second-order valence-electron chi connectivity index (χ2n) is 4.70. The van der Waals surface area contributed by atoms with Crippen molar-refractivity contribution in [3.63, 3.8) is 0 Å². The molecule has 0 saturated heterocycles. The van der Waals surface area contributed by atoms with E-state index in [1.165, 1.54) is 22.9 Å². The summed E-state index contributed by atoms with van der Waals surface area (Å²) in [5, 5.41) is 2.85. The zero-order chi connectivity index (χ0) is 14.5. The lowest BCUT2D eigenvalue weighted by molar-refractivity contribution is -0.113. The van der Waals surface area contributed by atoms with Gasteiger partial charge in [-0.25, -0.2) is 0 Å². The summed E-state index contributed by atoms with van der Waals surface area (Å²) in [4.78, 5) is 13.0. The van der Waals surface area contributed by atoms with Gasteiger partial charge in [0.2, 0.25) is 5.91 Å². The average Bonchev–Trinajstić information content (AvgIpc) is 2.43. The number of benzene rings is 2. The maximum Gasteiger partial charge on any atom is 0.234 e. The number of aryl methyl sites for hydroxylation is 2. The maximum absolute atomic E-state index is 11.9. The van der Waals surface area contributed by atoms with Crippen LogP contribution in [0, 0.1) is 13.8 Å². The summed E-state index contributed by atoms with van der Waals surface area (Å²) in [7, 11) is 0. The van der Waals surface area contributed by atoms with Crippen molar-refractivity contribution in [2.45, 2.75) is 18.7 Å². The molecule has 0 unspecified atom stereocenters. The van der Waals surface area contributed by atoms with Crippen LogP contribution in [0.15, 0.2) is 47.4 Å². The molecular weight excluding hydrogens is 268 g/mol. The molecule has 2 rings (SSSR count). The third-order valence-electron chi connectivity index (χ3n) is 3.04. The van der Waals surface area contributed by atoms with Crippen LogP contribution in [-0.2, 0) is 4.79 Å². The summed E-state index contributed by atoms with van der Waals surface area (Å²) in [6, 6.07) is 13.4. The zero-order valence-electron chi connectivity index (χ0n) is 11.6. The van der Waals surface area contributed by atoms with Crippen LogP contribution in [0.5, 0.6) is 0 Å². The second kappa shape index (κ2) is 6.48. The smallest absolute Gasteiger partial charge is 0.234 e. The van der Waals surface area contributed by atoms with Crippen molar-refractivity contribution in [1.82, 2.24) is 0 Å². The summed E-state index contributed by atoms with van der Waals surface area (Å²) in [6.45, 7) is 4.16. The van der Waals surface area contributed by atoms with E-state index in [1.54, 1.807) is 24.3 Å². The van der Waals surface area contributed by atoms with Gasteiger partial charge in [-0.15, -0.1) is 11.8 Å². The van der Waals surface area contributed by atoms with Crippen molar-refractivity contribution < 1.29 is 4.79 Å². The lowest BCUT2D eigenvalue weighted by Crippen LogP contribution is -2.13. The first kappa shape index (κ1) is 14.5. The number of nitrogens with two attached hydrogens (primary N) is 1. The van der Waals surface area contributed by atoms with Crippen LogP contribution in [0.25, 0.3) is 0 Å². The fraction of sp³-hybridized carbons (Fsp3) is 0.188. The highest BCUT2D eigenvalue weighted by atomic mass is 32.2. The highest BCUT2D eigenvalue weighted by molar-refractivity contribution is 8.00. The molecule has 0 fully saturated rings. The van der Waals surface area contributed by atoms with Gasteiger partial charge in [0.1, 0.15) is 0 Å². The Morgan fingerprint density at radius 1 is 1.10 bits per heavy atom. The molecule has 0 aliphatic heterocycles. The lowest BCUT2D eigenvalue weighted by atomic mass is 10.1. The van der Waals surface area contributed by atoms with E-state index >= 15 is 0 Å². The lowest BCUT2D eigenvalue weighted by Gasteiger charge is -2.07. The van der Waals surface area contributed by atoms with E-state index < -0.39 is 0 Å². The predicted molar refractivity (Wildman–Crippen MR) is 86.1 cm³/mol. The first-order chi connectivity index (χ1) is 9.54. The van der Waals surface area contributed by atoms with E-state index in [0.29, 0.717) is 11.4 Å². The van der Waals surface area contributed by atoms with Crippen molar-refractivity contribution in [3.8, 4) is 0 Å². The van der Waals surface area contributed by atoms with Gasteiger partial charge in [0.25, 0.3) is 0 Å². The van der Waals surface area contributed by atoms with Crippen LogP contribution < -0.4 is 11.1 Å². The topological polar surface area (TPSA) is 55.1 Å². The van der Waals surface area contributed by atoms with E-state index in [4.69, 9.17) is 5.73 Å². The molecule has 0 radical (unpaired) electrons. The molecule has 0 heterocycles. The van der Waals surface area contributed by atoms with Gasteiger partial charge in [-0.1, -0.05) is 6.07 Å². The monoisotopic (exact) mass is 286 g/mol. The molecule has 0 bridgehead atoms. The van der Waals surface area contributed by atoms with Gasteiger partial charge >= 0.3 is 0 Å². The van der Waals surface area contributed by atoms with Gasteiger partial charge < -0.3 is 11.1 Å². The minimum absolute atomic E-state index is 0.0157. The molecule has 4 heteroatoms. The van der Waals surface area contributed by atoms with Gasteiger partial charge in [0, 0.05) is 16.3 Å². The van der Waals surface area contributed by atoms with Crippen LogP contribution in [0.4, 0.5) is 11.4 Å². The highest BCUT2D eigenvalue weighted by Crippen LogP contribution is 2.21. The first-order valence-electron chi connectivity index (χ1n) is 6.40. The Kier molecular flexibility index (Phi) is 4.69. The molecule has 3 nitrogen and oxygen atoms in total. The Labute approximate surface area is 123 Å². The van der Waals surface area contributed by atoms with Crippen molar-refractivity contribution in [1.29, 1.82) is 0 Å². The molecule has 0 atom stereocenters. The van der Waals surface area contributed by atoms with Crippen molar-refractivity contribution in [3.05, 3.63) is 53.6 Å². The van der Waals surface area contributed by atoms with E-state index in [1.807, 2.05) is 6.07 Å². The Hall–Kier alpha value is -1.94. The van der Waals surface area contributed by atoms with Crippen LogP contribution >= 0.6 is 11.8 Å². The predicted octanol–water partition coefficient (Wildman–Crippen LogP) is 3.62. The van der Waals surface area contributed by atoms with E-state index in [0.717, 1.165) is 10.6 Å². The summed E-state index contributed by atoms with van der Waals surface area (Å²) >= 11 is 1.54. The zero-order valence-corrected chi connectivity index (χ0v) is 12.5. The minimum atomic E-state index is -0.0157. The Bertz CT molecular complexity index is 608. The number of carbonyl (C=O) groups excluding carboxylic acids is 1. The number of rotatable bonds is 4. The fourth-order valence-electron chi connectivity index (χ4n) is 1.72. The van der Waals surface area contributed by atoms with Crippen molar-refractivity contribution >= 4 is 29.0 Å². The van der Waals surface area contributed by atoms with Gasteiger partial charge in [0.15, 0.2) is 0 Å². The summed E-state index contributed by atoms with van der Waals surface area (Å²) in [5.41, 5.74) is 9.57. The van der Waals surface area contributed by atoms with Gasteiger partial charge in [0.05, 0.1) is 5.75 Å². The number of nitrogens with one attached hydrogen (secondary N) is 1. The number of thioether (sulfide) groups is 1. The molecule has 0 saturated carbocycles. The summed E-state index contributed by atoms with van der Waals surface area (Å²) in [6.07, 6.45) is 0. The molecule has 104 valence electrons. The standard InChI is InChI=1S/C16H18N2OS/c1-11-3-8-15(9-12(11)2)20-10-16(19)18-14-6-4-13(17)5-7-14/h3-9H,10,17H2,1-2H3,(H,18,19). The van der Waals surface area contributed by atoms with Crippen LogP contribution in [0.1, 0.15) is 11.1 Å². The Morgan fingerprint density at radius 3 is 2.45 bits per heavy atom. The largest absolute Gasteiger partial charge is 0.399 e. The third kappa shape index (κ3) is 4.03. The molecule has 0 aromatic heterocycles. The molecule has 20 heavy (non-hydrogen) atoms. The van der Waals surface area contributed by atoms with Crippen LogP contribution in [-0.4, -0.2) is 11.7 Å². The molecule has 3 N–H and O–H groups in total. The van der Waals surface area contributed by atoms with Crippen molar-refractivity contribution in [2.24, 2.45) is 0 Å².